The Hall–Kier alpha value is -2.55. The summed E-state index contributed by atoms with van der Waals surface area (Å²) in [5.74, 6) is 0.0323. The van der Waals surface area contributed by atoms with Gasteiger partial charge in [-0.2, -0.15) is 0 Å². The van der Waals surface area contributed by atoms with E-state index in [1.165, 1.54) is 21.8 Å². The van der Waals surface area contributed by atoms with Crippen molar-refractivity contribution in [3.63, 3.8) is 0 Å². The number of nitrogens with zero attached hydrogens (tertiary/aromatic N) is 3. The van der Waals surface area contributed by atoms with Crippen molar-refractivity contribution in [1.82, 2.24) is 14.8 Å². The summed E-state index contributed by atoms with van der Waals surface area (Å²) in [4.78, 5) is 36.3. The van der Waals surface area contributed by atoms with Crippen LogP contribution in [0.3, 0.4) is 0 Å². The predicted octanol–water partition coefficient (Wildman–Crippen LogP) is 4.25. The van der Waals surface area contributed by atoms with Crippen molar-refractivity contribution in [2.24, 2.45) is 5.92 Å². The standard InChI is InChI=1S/C24H26N4O2S2/c29-22(18-8-12-28(13-9-18)23(30)20-7-4-14-31-20)26-24-25-19-10-11-27(16-21(19)32-24)15-17-5-2-1-3-6-17/h1-7,14,18H,8-13,15-16H2,(H,25,26,29). The zero-order valence-corrected chi connectivity index (χ0v) is 19.5. The number of hydrogen-bond acceptors (Lipinski definition) is 6. The minimum atomic E-state index is -0.0714. The van der Waals surface area contributed by atoms with Crippen LogP contribution in [0.25, 0.3) is 0 Å². The first-order valence-electron chi connectivity index (χ1n) is 11.0. The Bertz CT molecular complexity index is 1070. The molecule has 1 fully saturated rings. The Kier molecular flexibility index (Phi) is 6.34. The van der Waals surface area contributed by atoms with Gasteiger partial charge in [0.25, 0.3) is 5.91 Å². The van der Waals surface area contributed by atoms with E-state index in [1.54, 1.807) is 11.3 Å². The van der Waals surface area contributed by atoms with Crippen molar-refractivity contribution in [3.05, 3.63) is 68.9 Å². The van der Waals surface area contributed by atoms with E-state index in [1.807, 2.05) is 28.5 Å². The van der Waals surface area contributed by atoms with E-state index in [2.05, 4.69) is 34.5 Å². The van der Waals surface area contributed by atoms with Gasteiger partial charge in [-0.3, -0.25) is 14.5 Å². The summed E-state index contributed by atoms with van der Waals surface area (Å²) < 4.78 is 0. The van der Waals surface area contributed by atoms with Gasteiger partial charge in [-0.1, -0.05) is 36.4 Å². The third-order valence-corrected chi connectivity index (χ3v) is 8.03. The maximum Gasteiger partial charge on any atom is 0.263 e. The van der Waals surface area contributed by atoms with Crippen molar-refractivity contribution < 1.29 is 9.59 Å². The Labute approximate surface area is 195 Å². The molecule has 4 heterocycles. The second kappa shape index (κ2) is 9.52. The summed E-state index contributed by atoms with van der Waals surface area (Å²) in [6.45, 7) is 4.04. The molecule has 2 aliphatic heterocycles. The normalized spacial score (nSPS) is 17.2. The van der Waals surface area contributed by atoms with E-state index in [-0.39, 0.29) is 17.7 Å². The van der Waals surface area contributed by atoms with E-state index < -0.39 is 0 Å². The first kappa shape index (κ1) is 21.3. The molecule has 2 aliphatic rings. The van der Waals surface area contributed by atoms with Crippen LogP contribution in [-0.2, 0) is 24.3 Å². The number of thiazole rings is 1. The van der Waals surface area contributed by atoms with Gasteiger partial charge in [-0.25, -0.2) is 4.98 Å². The number of rotatable bonds is 5. The van der Waals surface area contributed by atoms with Gasteiger partial charge in [0.1, 0.15) is 0 Å². The Morgan fingerprint density at radius 2 is 1.88 bits per heavy atom. The second-order valence-electron chi connectivity index (χ2n) is 8.37. The highest BCUT2D eigenvalue weighted by Crippen LogP contribution is 2.30. The van der Waals surface area contributed by atoms with E-state index in [0.717, 1.165) is 36.6 Å². The molecule has 2 aromatic heterocycles. The molecule has 1 aromatic carbocycles. The molecular formula is C24H26N4O2S2. The molecule has 0 radical (unpaired) electrons. The van der Waals surface area contributed by atoms with Crippen LogP contribution in [0.15, 0.2) is 47.8 Å². The van der Waals surface area contributed by atoms with Crippen LogP contribution in [0.2, 0.25) is 0 Å². The molecule has 1 saturated heterocycles. The fourth-order valence-electron chi connectivity index (χ4n) is 4.39. The van der Waals surface area contributed by atoms with E-state index in [0.29, 0.717) is 31.1 Å². The number of likely N-dealkylation sites (tertiary alicyclic amines) is 1. The molecule has 0 saturated carbocycles. The van der Waals surface area contributed by atoms with Crippen molar-refractivity contribution >= 4 is 39.6 Å². The molecule has 166 valence electrons. The lowest BCUT2D eigenvalue weighted by Crippen LogP contribution is -2.41. The average Bonchev–Trinajstić information content (AvgIpc) is 3.49. The van der Waals surface area contributed by atoms with Gasteiger partial charge in [0.2, 0.25) is 5.91 Å². The molecule has 0 aliphatic carbocycles. The molecule has 8 heteroatoms. The first-order valence-corrected chi connectivity index (χ1v) is 12.7. The molecule has 0 spiro atoms. The van der Waals surface area contributed by atoms with E-state index >= 15 is 0 Å². The highest BCUT2D eigenvalue weighted by atomic mass is 32.1. The molecule has 6 nitrogen and oxygen atoms in total. The highest BCUT2D eigenvalue weighted by molar-refractivity contribution is 7.15. The summed E-state index contributed by atoms with van der Waals surface area (Å²) >= 11 is 3.06. The minimum absolute atomic E-state index is 0.0282. The fraction of sp³-hybridized carbons (Fsp3) is 0.375. The minimum Gasteiger partial charge on any atom is -0.338 e. The summed E-state index contributed by atoms with van der Waals surface area (Å²) in [5, 5.41) is 5.68. The van der Waals surface area contributed by atoms with Crippen LogP contribution >= 0.6 is 22.7 Å². The lowest BCUT2D eigenvalue weighted by molar-refractivity contribution is -0.121. The molecule has 0 bridgehead atoms. The molecule has 0 unspecified atom stereocenters. The van der Waals surface area contributed by atoms with E-state index in [4.69, 9.17) is 4.98 Å². The zero-order valence-electron chi connectivity index (χ0n) is 17.8. The summed E-state index contributed by atoms with van der Waals surface area (Å²) in [6, 6.07) is 14.3. The first-order chi connectivity index (χ1) is 15.7. The van der Waals surface area contributed by atoms with Crippen molar-refractivity contribution in [3.8, 4) is 0 Å². The van der Waals surface area contributed by atoms with Gasteiger partial charge in [0.15, 0.2) is 5.13 Å². The van der Waals surface area contributed by atoms with Crippen LogP contribution in [0, 0.1) is 5.92 Å². The number of anilines is 1. The maximum absolute atomic E-state index is 12.8. The van der Waals surface area contributed by atoms with Gasteiger partial charge in [-0.05, 0) is 29.9 Å². The number of piperidine rings is 1. The number of thiophene rings is 1. The monoisotopic (exact) mass is 466 g/mol. The van der Waals surface area contributed by atoms with Crippen molar-refractivity contribution in [2.45, 2.75) is 32.4 Å². The van der Waals surface area contributed by atoms with Gasteiger partial charge < -0.3 is 10.2 Å². The topological polar surface area (TPSA) is 65.5 Å². The van der Waals surface area contributed by atoms with E-state index in [9.17, 15) is 9.59 Å². The maximum atomic E-state index is 12.8. The van der Waals surface area contributed by atoms with Crippen LogP contribution in [-0.4, -0.2) is 46.2 Å². The number of carbonyl (C=O) groups excluding carboxylic acids is 2. The molecular weight excluding hydrogens is 440 g/mol. The van der Waals surface area contributed by atoms with Gasteiger partial charge in [0, 0.05) is 49.9 Å². The molecule has 1 N–H and O–H groups in total. The lowest BCUT2D eigenvalue weighted by Gasteiger charge is -2.30. The lowest BCUT2D eigenvalue weighted by atomic mass is 9.96. The molecule has 3 aromatic rings. The smallest absolute Gasteiger partial charge is 0.263 e. The average molecular weight is 467 g/mol. The predicted molar refractivity (Wildman–Crippen MR) is 128 cm³/mol. The van der Waals surface area contributed by atoms with Gasteiger partial charge in [-0.15, -0.1) is 22.7 Å². The molecule has 2 amide bonds. The molecule has 0 atom stereocenters. The van der Waals surface area contributed by atoms with Crippen molar-refractivity contribution in [2.75, 3.05) is 25.0 Å². The van der Waals surface area contributed by atoms with Crippen molar-refractivity contribution in [1.29, 1.82) is 0 Å². The number of benzene rings is 1. The molecule has 32 heavy (non-hydrogen) atoms. The van der Waals surface area contributed by atoms with Crippen LogP contribution < -0.4 is 5.32 Å². The third kappa shape index (κ3) is 4.77. The Morgan fingerprint density at radius 1 is 1.06 bits per heavy atom. The number of nitrogens with one attached hydrogen (secondary N) is 1. The number of hydrogen-bond donors (Lipinski definition) is 1. The molecule has 5 rings (SSSR count). The number of amides is 2. The van der Waals surface area contributed by atoms with Gasteiger partial charge >= 0.3 is 0 Å². The number of aromatic nitrogens is 1. The number of carbonyl (C=O) groups is 2. The largest absolute Gasteiger partial charge is 0.338 e. The number of fused-ring (bicyclic) bond motifs is 1. The van der Waals surface area contributed by atoms with Crippen LogP contribution in [0.4, 0.5) is 5.13 Å². The SMILES string of the molecule is O=C(Nc1nc2c(s1)CN(Cc1ccccc1)CC2)C1CCN(C(=O)c2cccs2)CC1. The summed E-state index contributed by atoms with van der Waals surface area (Å²) in [7, 11) is 0. The quantitative estimate of drug-likeness (QED) is 0.610. The van der Waals surface area contributed by atoms with Crippen LogP contribution in [0.1, 0.15) is 38.6 Å². The van der Waals surface area contributed by atoms with Gasteiger partial charge in [0.05, 0.1) is 10.6 Å². The highest BCUT2D eigenvalue weighted by Gasteiger charge is 2.29. The van der Waals surface area contributed by atoms with Crippen LogP contribution in [0.5, 0.6) is 0 Å². The summed E-state index contributed by atoms with van der Waals surface area (Å²) in [5.41, 5.74) is 2.43. The summed E-state index contributed by atoms with van der Waals surface area (Å²) in [6.07, 6.45) is 2.30. The zero-order chi connectivity index (χ0) is 21.9. The fourth-order valence-corrected chi connectivity index (χ4v) is 6.13. The second-order valence-corrected chi connectivity index (χ2v) is 10.4. The Morgan fingerprint density at radius 3 is 2.62 bits per heavy atom. The Balaban J connectivity index is 1.14. The third-order valence-electron chi connectivity index (χ3n) is 6.17.